The van der Waals surface area contributed by atoms with Crippen LogP contribution in [0, 0.1) is 5.92 Å². The second kappa shape index (κ2) is 7.81. The summed E-state index contributed by atoms with van der Waals surface area (Å²) < 4.78 is 5.24. The quantitative estimate of drug-likeness (QED) is 0.830. The van der Waals surface area contributed by atoms with E-state index in [1.807, 2.05) is 0 Å². The first-order chi connectivity index (χ1) is 11.5. The molecule has 6 nitrogen and oxygen atoms in total. The number of halogens is 2. The Balaban J connectivity index is 1.77. The molecular weight excluding hydrogens is 367 g/mol. The van der Waals surface area contributed by atoms with Gasteiger partial charge in [0.25, 0.3) is 0 Å². The molecule has 0 aromatic heterocycles. The molecule has 8 heteroatoms. The van der Waals surface area contributed by atoms with Crippen molar-refractivity contribution in [3.63, 3.8) is 0 Å². The second-order valence-corrected chi connectivity index (χ2v) is 7.92. The smallest absolute Gasteiger partial charge is 0.410 e. The highest BCUT2D eigenvalue weighted by atomic mass is 35.5. The molecule has 1 aliphatic heterocycles. The van der Waals surface area contributed by atoms with Gasteiger partial charge in [0.15, 0.2) is 0 Å². The summed E-state index contributed by atoms with van der Waals surface area (Å²) in [4.78, 5) is 25.4. The van der Waals surface area contributed by atoms with E-state index < -0.39 is 17.8 Å². The van der Waals surface area contributed by atoms with Gasteiger partial charge in [-0.3, -0.25) is 4.79 Å². The molecule has 1 atom stereocenters. The minimum absolute atomic E-state index is 0.0401. The van der Waals surface area contributed by atoms with Crippen molar-refractivity contribution in [3.05, 3.63) is 33.8 Å². The Morgan fingerprint density at radius 1 is 1.28 bits per heavy atom. The van der Waals surface area contributed by atoms with E-state index in [1.165, 1.54) is 4.90 Å². The minimum atomic E-state index is -0.915. The highest BCUT2D eigenvalue weighted by Gasteiger charge is 2.37. The van der Waals surface area contributed by atoms with Gasteiger partial charge >= 0.3 is 6.09 Å². The molecule has 2 N–H and O–H groups in total. The minimum Gasteiger partial charge on any atom is -0.444 e. The fourth-order valence-electron chi connectivity index (χ4n) is 2.35. The molecule has 1 aromatic rings. The number of amides is 2. The third kappa shape index (κ3) is 5.76. The number of nitrogens with zero attached hydrogens (tertiary/aromatic N) is 1. The number of nitrogens with one attached hydrogen (secondary N) is 1. The van der Waals surface area contributed by atoms with Crippen LogP contribution in [0.3, 0.4) is 0 Å². The van der Waals surface area contributed by atoms with Crippen molar-refractivity contribution in [1.82, 2.24) is 10.2 Å². The predicted molar refractivity (Wildman–Crippen MR) is 95.7 cm³/mol. The van der Waals surface area contributed by atoms with Crippen molar-refractivity contribution in [3.8, 4) is 0 Å². The van der Waals surface area contributed by atoms with E-state index in [-0.39, 0.29) is 18.4 Å². The van der Waals surface area contributed by atoms with Crippen LogP contribution in [0.4, 0.5) is 4.79 Å². The zero-order valence-corrected chi connectivity index (χ0v) is 15.9. The highest BCUT2D eigenvalue weighted by Crippen LogP contribution is 2.24. The van der Waals surface area contributed by atoms with Crippen molar-refractivity contribution in [2.45, 2.75) is 32.5 Å². The number of aliphatic hydroxyl groups excluding tert-OH is 1. The molecule has 2 amide bonds. The van der Waals surface area contributed by atoms with E-state index in [4.69, 9.17) is 27.9 Å². The van der Waals surface area contributed by atoms with Crippen LogP contribution >= 0.6 is 23.2 Å². The number of carbonyl (C=O) groups excluding carboxylic acids is 2. The number of rotatable bonds is 4. The molecule has 0 bridgehead atoms. The molecule has 2 rings (SSSR count). The number of hydrogen-bond acceptors (Lipinski definition) is 4. The average Bonchev–Trinajstić information content (AvgIpc) is 2.39. The fourth-order valence-corrected chi connectivity index (χ4v) is 2.89. The Morgan fingerprint density at radius 3 is 2.36 bits per heavy atom. The highest BCUT2D eigenvalue weighted by molar-refractivity contribution is 6.34. The van der Waals surface area contributed by atoms with E-state index in [9.17, 15) is 14.7 Å². The van der Waals surface area contributed by atoms with Crippen LogP contribution in [0.25, 0.3) is 0 Å². The number of likely N-dealkylation sites (tertiary alicyclic amines) is 1. The van der Waals surface area contributed by atoms with Crippen molar-refractivity contribution in [2.24, 2.45) is 5.92 Å². The van der Waals surface area contributed by atoms with Crippen LogP contribution < -0.4 is 5.32 Å². The van der Waals surface area contributed by atoms with E-state index in [0.717, 1.165) is 0 Å². The molecule has 1 heterocycles. The summed E-state index contributed by atoms with van der Waals surface area (Å²) in [6.45, 7) is 6.02. The Hall–Kier alpha value is -1.50. The summed E-state index contributed by atoms with van der Waals surface area (Å²) in [7, 11) is 0. The first-order valence-corrected chi connectivity index (χ1v) is 8.70. The van der Waals surface area contributed by atoms with Gasteiger partial charge in [-0.2, -0.15) is 0 Å². The third-order valence-corrected chi connectivity index (χ3v) is 4.08. The molecule has 0 radical (unpaired) electrons. The summed E-state index contributed by atoms with van der Waals surface area (Å²) >= 11 is 11.8. The molecule has 138 valence electrons. The molecule has 1 saturated heterocycles. The van der Waals surface area contributed by atoms with Gasteiger partial charge in [0.05, 0.1) is 12.0 Å². The third-order valence-electron chi connectivity index (χ3n) is 3.64. The number of benzene rings is 1. The first kappa shape index (κ1) is 19.8. The van der Waals surface area contributed by atoms with Crippen molar-refractivity contribution < 1.29 is 19.4 Å². The van der Waals surface area contributed by atoms with Gasteiger partial charge in [0.2, 0.25) is 5.91 Å². The predicted octanol–water partition coefficient (Wildman–Crippen LogP) is 3.01. The summed E-state index contributed by atoms with van der Waals surface area (Å²) in [5.41, 5.74) is -0.0333. The lowest BCUT2D eigenvalue weighted by molar-refractivity contribution is -0.130. The largest absolute Gasteiger partial charge is 0.444 e. The average molecular weight is 389 g/mol. The fraction of sp³-hybridized carbons (Fsp3) is 0.529. The topological polar surface area (TPSA) is 78.9 Å². The number of hydrogen-bond donors (Lipinski definition) is 2. The zero-order chi connectivity index (χ0) is 18.8. The lowest BCUT2D eigenvalue weighted by atomic mass is 9.99. The van der Waals surface area contributed by atoms with E-state index >= 15 is 0 Å². The van der Waals surface area contributed by atoms with Crippen LogP contribution in [-0.2, 0) is 9.53 Å². The second-order valence-electron chi connectivity index (χ2n) is 7.05. The van der Waals surface area contributed by atoms with Crippen LogP contribution in [0.15, 0.2) is 18.2 Å². The van der Waals surface area contributed by atoms with E-state index in [0.29, 0.717) is 28.7 Å². The van der Waals surface area contributed by atoms with E-state index in [2.05, 4.69) is 5.32 Å². The molecule has 25 heavy (non-hydrogen) atoms. The monoisotopic (exact) mass is 388 g/mol. The molecular formula is C17H22Cl2N2O4. The lowest BCUT2D eigenvalue weighted by Gasteiger charge is -2.38. The molecule has 1 aliphatic rings. The molecule has 1 aromatic carbocycles. The number of aliphatic hydroxyl groups is 1. The molecule has 1 fully saturated rings. The Morgan fingerprint density at radius 2 is 1.84 bits per heavy atom. The standard InChI is InChI=1S/C17H22Cl2N2O4/c1-17(2,3)25-16(24)21-8-11(9-21)15(23)20-7-14(22)10-4-12(18)6-13(19)5-10/h4-6,11,14,22H,7-9H2,1-3H3,(H,20,23). The summed E-state index contributed by atoms with van der Waals surface area (Å²) in [6, 6.07) is 4.76. The van der Waals surface area contributed by atoms with Gasteiger partial charge in [-0.1, -0.05) is 23.2 Å². The van der Waals surface area contributed by atoms with Crippen molar-refractivity contribution >= 4 is 35.2 Å². The van der Waals surface area contributed by atoms with Crippen LogP contribution in [0.5, 0.6) is 0 Å². The van der Waals surface area contributed by atoms with Gasteiger partial charge in [-0.05, 0) is 44.5 Å². The maximum absolute atomic E-state index is 12.1. The maximum Gasteiger partial charge on any atom is 0.410 e. The Kier molecular flexibility index (Phi) is 6.19. The Labute approximate surface area is 157 Å². The van der Waals surface area contributed by atoms with Gasteiger partial charge in [0, 0.05) is 29.7 Å². The number of carbonyl (C=O) groups is 2. The van der Waals surface area contributed by atoms with Crippen LogP contribution in [-0.4, -0.2) is 47.2 Å². The maximum atomic E-state index is 12.1. The van der Waals surface area contributed by atoms with Gasteiger partial charge < -0.3 is 20.1 Å². The van der Waals surface area contributed by atoms with Gasteiger partial charge in [0.1, 0.15) is 5.60 Å². The normalized spacial score (nSPS) is 16.2. The molecule has 1 unspecified atom stereocenters. The van der Waals surface area contributed by atoms with Crippen molar-refractivity contribution in [2.75, 3.05) is 19.6 Å². The van der Waals surface area contributed by atoms with Crippen LogP contribution in [0.1, 0.15) is 32.4 Å². The van der Waals surface area contributed by atoms with Crippen molar-refractivity contribution in [1.29, 1.82) is 0 Å². The lowest BCUT2D eigenvalue weighted by Crippen LogP contribution is -2.56. The summed E-state index contributed by atoms with van der Waals surface area (Å²) in [5, 5.41) is 13.7. The first-order valence-electron chi connectivity index (χ1n) is 7.95. The van der Waals surface area contributed by atoms with Gasteiger partial charge in [-0.15, -0.1) is 0 Å². The molecule has 0 saturated carbocycles. The van der Waals surface area contributed by atoms with E-state index in [1.54, 1.807) is 39.0 Å². The zero-order valence-electron chi connectivity index (χ0n) is 14.4. The summed E-state index contributed by atoms with van der Waals surface area (Å²) in [5.74, 6) is -0.519. The molecule has 0 aliphatic carbocycles. The number of ether oxygens (including phenoxy) is 1. The summed E-state index contributed by atoms with van der Waals surface area (Å²) in [6.07, 6.45) is -1.34. The Bertz CT molecular complexity index is 634. The van der Waals surface area contributed by atoms with Gasteiger partial charge in [-0.25, -0.2) is 4.79 Å². The molecule has 0 spiro atoms. The van der Waals surface area contributed by atoms with Crippen LogP contribution in [0.2, 0.25) is 10.0 Å². The SMILES string of the molecule is CC(C)(C)OC(=O)N1CC(C(=O)NCC(O)c2cc(Cl)cc(Cl)c2)C1.